The highest BCUT2D eigenvalue weighted by Gasteiger charge is 2.09. The van der Waals surface area contributed by atoms with Gasteiger partial charge >= 0.3 is 0 Å². The summed E-state index contributed by atoms with van der Waals surface area (Å²) in [6, 6.07) is 16.8. The van der Waals surface area contributed by atoms with Gasteiger partial charge in [0.25, 0.3) is 0 Å². The van der Waals surface area contributed by atoms with Gasteiger partial charge in [-0.15, -0.1) is 0 Å². The predicted molar refractivity (Wildman–Crippen MR) is 112 cm³/mol. The number of rotatable bonds is 9. The number of amides is 1. The fraction of sp³-hybridized carbons (Fsp3) is 0.217. The van der Waals surface area contributed by atoms with Crippen molar-refractivity contribution in [3.8, 4) is 17.2 Å². The fourth-order valence-corrected chi connectivity index (χ4v) is 2.78. The Balaban J connectivity index is 1.58. The summed E-state index contributed by atoms with van der Waals surface area (Å²) in [6.45, 7) is 0.383. The molecule has 6 nitrogen and oxygen atoms in total. The molecule has 3 rings (SSSR count). The molecule has 29 heavy (non-hydrogen) atoms. The third-order valence-corrected chi connectivity index (χ3v) is 4.39. The molecule has 1 amide bonds. The average Bonchev–Trinajstić information content (AvgIpc) is 2.77. The number of carbonyl (C=O) groups is 1. The maximum absolute atomic E-state index is 12.3. The van der Waals surface area contributed by atoms with E-state index in [0.29, 0.717) is 36.6 Å². The Bertz CT molecular complexity index is 927. The minimum Gasteiger partial charge on any atom is -0.497 e. The number of benzene rings is 2. The van der Waals surface area contributed by atoms with Gasteiger partial charge in [-0.05, 0) is 53.9 Å². The van der Waals surface area contributed by atoms with Gasteiger partial charge in [0.15, 0.2) is 11.5 Å². The molecule has 0 aliphatic rings. The summed E-state index contributed by atoms with van der Waals surface area (Å²) in [5.74, 6) is 1.91. The normalized spacial score (nSPS) is 10.3. The SMILES string of the molecule is COc1ccc(CCC(=O)Nc2ccc(OC)c(OCc3ccncc3)c2)cc1. The van der Waals surface area contributed by atoms with Crippen molar-refractivity contribution in [2.45, 2.75) is 19.4 Å². The van der Waals surface area contributed by atoms with Crippen molar-refractivity contribution in [2.75, 3.05) is 19.5 Å². The number of hydrogen-bond donors (Lipinski definition) is 1. The summed E-state index contributed by atoms with van der Waals surface area (Å²) in [4.78, 5) is 16.3. The minimum atomic E-state index is -0.0638. The number of nitrogens with zero attached hydrogens (tertiary/aromatic N) is 1. The second-order valence-corrected chi connectivity index (χ2v) is 6.41. The Kier molecular flexibility index (Phi) is 7.05. The Morgan fingerprint density at radius 3 is 2.34 bits per heavy atom. The maximum atomic E-state index is 12.3. The van der Waals surface area contributed by atoms with Crippen molar-refractivity contribution in [1.82, 2.24) is 4.98 Å². The monoisotopic (exact) mass is 392 g/mol. The molecule has 6 heteroatoms. The van der Waals surface area contributed by atoms with Crippen LogP contribution >= 0.6 is 0 Å². The summed E-state index contributed by atoms with van der Waals surface area (Å²) in [7, 11) is 3.22. The van der Waals surface area contributed by atoms with Crippen LogP contribution in [-0.2, 0) is 17.8 Å². The summed E-state index contributed by atoms with van der Waals surface area (Å²) in [6.07, 6.45) is 4.47. The molecular formula is C23H24N2O4. The van der Waals surface area contributed by atoms with Crippen LogP contribution in [0.25, 0.3) is 0 Å². The number of methoxy groups -OCH3 is 2. The molecule has 0 fully saturated rings. The Hall–Kier alpha value is -3.54. The highest BCUT2D eigenvalue weighted by atomic mass is 16.5. The number of pyridine rings is 1. The van der Waals surface area contributed by atoms with Crippen LogP contribution in [0.1, 0.15) is 17.5 Å². The standard InChI is InChI=1S/C23H24N2O4/c1-27-20-7-3-17(4-8-20)5-10-23(26)25-19-6-9-21(28-2)22(15-19)29-16-18-11-13-24-14-12-18/h3-4,6-9,11-15H,5,10,16H2,1-2H3,(H,25,26). The van der Waals surface area contributed by atoms with Gasteiger partial charge in [-0.3, -0.25) is 9.78 Å². The fourth-order valence-electron chi connectivity index (χ4n) is 2.78. The lowest BCUT2D eigenvalue weighted by Gasteiger charge is -2.13. The molecule has 1 heterocycles. The van der Waals surface area contributed by atoms with E-state index in [2.05, 4.69) is 10.3 Å². The number of hydrogen-bond acceptors (Lipinski definition) is 5. The van der Waals surface area contributed by atoms with E-state index in [1.54, 1.807) is 44.8 Å². The molecule has 0 bridgehead atoms. The molecule has 2 aromatic carbocycles. The molecule has 0 saturated carbocycles. The number of carbonyl (C=O) groups excluding carboxylic acids is 1. The van der Waals surface area contributed by atoms with E-state index in [9.17, 15) is 4.79 Å². The molecule has 3 aromatic rings. The van der Waals surface area contributed by atoms with Crippen molar-refractivity contribution in [3.63, 3.8) is 0 Å². The second kappa shape index (κ2) is 10.1. The van der Waals surface area contributed by atoms with Crippen LogP contribution < -0.4 is 19.5 Å². The van der Waals surface area contributed by atoms with Crippen molar-refractivity contribution < 1.29 is 19.0 Å². The van der Waals surface area contributed by atoms with E-state index in [1.165, 1.54) is 0 Å². The van der Waals surface area contributed by atoms with Crippen LogP contribution in [0, 0.1) is 0 Å². The number of anilines is 1. The molecule has 0 radical (unpaired) electrons. The summed E-state index contributed by atoms with van der Waals surface area (Å²) >= 11 is 0. The van der Waals surface area contributed by atoms with Crippen LogP contribution in [0.2, 0.25) is 0 Å². The van der Waals surface area contributed by atoms with Gasteiger partial charge in [0.1, 0.15) is 12.4 Å². The lowest BCUT2D eigenvalue weighted by molar-refractivity contribution is -0.116. The molecule has 1 aromatic heterocycles. The van der Waals surface area contributed by atoms with Crippen LogP contribution in [0.5, 0.6) is 17.2 Å². The van der Waals surface area contributed by atoms with Crippen molar-refractivity contribution in [3.05, 3.63) is 78.1 Å². The van der Waals surface area contributed by atoms with Gasteiger partial charge in [0.05, 0.1) is 14.2 Å². The summed E-state index contributed by atoms with van der Waals surface area (Å²) in [5.41, 5.74) is 2.74. The lowest BCUT2D eigenvalue weighted by Crippen LogP contribution is -2.12. The number of aryl methyl sites for hydroxylation is 1. The van der Waals surface area contributed by atoms with Crippen LogP contribution in [-0.4, -0.2) is 25.1 Å². The molecule has 0 saturated heterocycles. The van der Waals surface area contributed by atoms with Crippen LogP contribution in [0.15, 0.2) is 67.0 Å². The van der Waals surface area contributed by atoms with Gasteiger partial charge in [-0.2, -0.15) is 0 Å². The van der Waals surface area contributed by atoms with Gasteiger partial charge in [-0.1, -0.05) is 12.1 Å². The molecule has 0 atom stereocenters. The van der Waals surface area contributed by atoms with Gasteiger partial charge in [-0.25, -0.2) is 0 Å². The molecule has 0 aliphatic heterocycles. The number of ether oxygens (including phenoxy) is 3. The average molecular weight is 392 g/mol. The van der Waals surface area contributed by atoms with Gasteiger partial charge in [0, 0.05) is 30.6 Å². The Labute approximate surface area is 170 Å². The Morgan fingerprint density at radius 1 is 0.897 bits per heavy atom. The van der Waals surface area contributed by atoms with Gasteiger partial charge in [0.2, 0.25) is 5.91 Å². The van der Waals surface area contributed by atoms with E-state index in [0.717, 1.165) is 16.9 Å². The summed E-state index contributed by atoms with van der Waals surface area (Å²) in [5, 5.41) is 2.92. The third kappa shape index (κ3) is 5.97. The first-order valence-electron chi connectivity index (χ1n) is 9.30. The number of nitrogens with one attached hydrogen (secondary N) is 1. The van der Waals surface area contributed by atoms with E-state index in [1.807, 2.05) is 36.4 Å². The zero-order valence-electron chi connectivity index (χ0n) is 16.6. The first-order chi connectivity index (χ1) is 14.2. The van der Waals surface area contributed by atoms with Crippen LogP contribution in [0.3, 0.4) is 0 Å². The molecule has 150 valence electrons. The van der Waals surface area contributed by atoms with Crippen LogP contribution in [0.4, 0.5) is 5.69 Å². The second-order valence-electron chi connectivity index (χ2n) is 6.41. The summed E-state index contributed by atoms with van der Waals surface area (Å²) < 4.78 is 16.4. The zero-order chi connectivity index (χ0) is 20.5. The molecule has 0 unspecified atom stereocenters. The quantitative estimate of drug-likeness (QED) is 0.590. The van der Waals surface area contributed by atoms with Crippen molar-refractivity contribution in [1.29, 1.82) is 0 Å². The largest absolute Gasteiger partial charge is 0.497 e. The highest BCUT2D eigenvalue weighted by molar-refractivity contribution is 5.91. The molecule has 0 aliphatic carbocycles. The first kappa shape index (κ1) is 20.2. The molecule has 1 N–H and O–H groups in total. The molecule has 0 spiro atoms. The van der Waals surface area contributed by atoms with Gasteiger partial charge < -0.3 is 19.5 Å². The van der Waals surface area contributed by atoms with E-state index >= 15 is 0 Å². The predicted octanol–water partition coefficient (Wildman–Crippen LogP) is 4.25. The topological polar surface area (TPSA) is 69.7 Å². The van der Waals surface area contributed by atoms with E-state index < -0.39 is 0 Å². The highest BCUT2D eigenvalue weighted by Crippen LogP contribution is 2.31. The van der Waals surface area contributed by atoms with E-state index in [4.69, 9.17) is 14.2 Å². The lowest BCUT2D eigenvalue weighted by atomic mass is 10.1. The minimum absolute atomic E-state index is 0.0638. The van der Waals surface area contributed by atoms with Crippen molar-refractivity contribution in [2.24, 2.45) is 0 Å². The molecular weight excluding hydrogens is 368 g/mol. The first-order valence-corrected chi connectivity index (χ1v) is 9.30. The maximum Gasteiger partial charge on any atom is 0.224 e. The van der Waals surface area contributed by atoms with Crippen molar-refractivity contribution >= 4 is 11.6 Å². The smallest absolute Gasteiger partial charge is 0.224 e. The zero-order valence-corrected chi connectivity index (χ0v) is 16.6. The number of aromatic nitrogens is 1. The Morgan fingerprint density at radius 2 is 1.66 bits per heavy atom. The third-order valence-electron chi connectivity index (χ3n) is 4.39. The van der Waals surface area contributed by atoms with E-state index in [-0.39, 0.29) is 5.91 Å².